The first kappa shape index (κ1) is 15.4. The minimum Gasteiger partial charge on any atom is -0.343 e. The van der Waals surface area contributed by atoms with Gasteiger partial charge in [-0.3, -0.25) is 14.9 Å². The summed E-state index contributed by atoms with van der Waals surface area (Å²) < 4.78 is 0. The van der Waals surface area contributed by atoms with E-state index in [4.69, 9.17) is 0 Å². The molecule has 118 valence electrons. The van der Waals surface area contributed by atoms with Gasteiger partial charge in [0.1, 0.15) is 6.04 Å². The van der Waals surface area contributed by atoms with Crippen LogP contribution in [0.1, 0.15) is 18.4 Å². The van der Waals surface area contributed by atoms with Gasteiger partial charge < -0.3 is 10.2 Å². The van der Waals surface area contributed by atoms with E-state index in [0.29, 0.717) is 13.0 Å². The number of aryl methyl sites for hydroxylation is 1. The van der Waals surface area contributed by atoms with Gasteiger partial charge in [0.25, 0.3) is 0 Å². The van der Waals surface area contributed by atoms with Gasteiger partial charge in [0.2, 0.25) is 11.8 Å². The van der Waals surface area contributed by atoms with Crippen LogP contribution in [0.5, 0.6) is 0 Å². The summed E-state index contributed by atoms with van der Waals surface area (Å²) in [6.45, 7) is 2.74. The maximum absolute atomic E-state index is 12.6. The van der Waals surface area contributed by atoms with Crippen molar-refractivity contribution in [1.29, 1.82) is 0 Å². The van der Waals surface area contributed by atoms with Crippen LogP contribution in [-0.4, -0.2) is 42.1 Å². The average molecular weight is 319 g/mol. The number of piperidine rings is 1. The molecule has 0 saturated carbocycles. The number of hydrogen-bond acceptors (Lipinski definition) is 4. The van der Waals surface area contributed by atoms with Crippen molar-refractivity contribution in [2.24, 2.45) is 0 Å². The number of carbonyl (C=O) groups is 2. The van der Waals surface area contributed by atoms with Crippen molar-refractivity contribution in [1.82, 2.24) is 10.6 Å². The lowest BCUT2D eigenvalue weighted by Crippen LogP contribution is -2.55. The Kier molecular flexibility index (Phi) is 4.69. The van der Waals surface area contributed by atoms with Crippen molar-refractivity contribution in [3.63, 3.8) is 0 Å². The number of nitrogens with zero attached hydrogens (tertiary/aromatic N) is 1. The number of carbonyl (C=O) groups excluding carboxylic acids is 2. The van der Waals surface area contributed by atoms with E-state index in [1.54, 1.807) is 16.7 Å². The second-order valence-electron chi connectivity index (χ2n) is 5.80. The lowest BCUT2D eigenvalue weighted by atomic mass is 10.0. The molecule has 22 heavy (non-hydrogen) atoms. The Labute approximate surface area is 134 Å². The Balaban J connectivity index is 1.67. The molecule has 2 atom stereocenters. The fourth-order valence-electron chi connectivity index (χ4n) is 2.83. The van der Waals surface area contributed by atoms with E-state index >= 15 is 0 Å². The van der Waals surface area contributed by atoms with E-state index in [9.17, 15) is 9.59 Å². The monoisotopic (exact) mass is 319 g/mol. The summed E-state index contributed by atoms with van der Waals surface area (Å²) in [4.78, 5) is 26.6. The number of hydrogen-bond donors (Lipinski definition) is 2. The molecule has 1 aromatic carbocycles. The molecule has 2 unspecified atom stereocenters. The first-order chi connectivity index (χ1) is 10.6. The van der Waals surface area contributed by atoms with Crippen LogP contribution in [-0.2, 0) is 9.59 Å². The lowest BCUT2D eigenvalue weighted by Gasteiger charge is -2.33. The number of amides is 2. The molecule has 1 aromatic rings. The zero-order valence-corrected chi connectivity index (χ0v) is 13.5. The molecule has 0 spiro atoms. The smallest absolute Gasteiger partial charge is 0.249 e. The van der Waals surface area contributed by atoms with Crippen LogP contribution in [0.15, 0.2) is 24.3 Å². The number of nitrogens with one attached hydrogen (secondary N) is 2. The minimum absolute atomic E-state index is 0.00546. The average Bonchev–Trinajstić information content (AvgIpc) is 3.05. The first-order valence-electron chi connectivity index (χ1n) is 7.65. The maximum Gasteiger partial charge on any atom is 0.249 e. The first-order valence-corrected chi connectivity index (χ1v) is 8.80. The number of thioether (sulfide) groups is 1. The molecule has 2 aliphatic rings. The van der Waals surface area contributed by atoms with E-state index in [1.165, 1.54) is 5.56 Å². The quantitative estimate of drug-likeness (QED) is 0.881. The predicted molar refractivity (Wildman–Crippen MR) is 88.9 cm³/mol. The van der Waals surface area contributed by atoms with Crippen LogP contribution < -0.4 is 15.5 Å². The van der Waals surface area contributed by atoms with Gasteiger partial charge in [-0.15, -0.1) is 11.8 Å². The molecule has 2 aliphatic heterocycles. The molecule has 3 rings (SSSR count). The van der Waals surface area contributed by atoms with E-state index in [2.05, 4.69) is 10.6 Å². The molecule has 0 radical (unpaired) electrons. The van der Waals surface area contributed by atoms with Crippen molar-refractivity contribution in [2.45, 2.75) is 31.8 Å². The largest absolute Gasteiger partial charge is 0.343 e. The van der Waals surface area contributed by atoms with Gasteiger partial charge in [-0.2, -0.15) is 0 Å². The van der Waals surface area contributed by atoms with Crippen LogP contribution in [0.25, 0.3) is 0 Å². The zero-order valence-electron chi connectivity index (χ0n) is 12.7. The van der Waals surface area contributed by atoms with Gasteiger partial charge in [0.15, 0.2) is 0 Å². The SMILES string of the molecule is Cc1ccc(N2CCCC(NC(=O)C3CSCN3)C2=O)cc1. The highest BCUT2D eigenvalue weighted by Crippen LogP contribution is 2.22. The zero-order chi connectivity index (χ0) is 15.5. The number of rotatable bonds is 3. The maximum atomic E-state index is 12.6. The molecule has 2 N–H and O–H groups in total. The Morgan fingerprint density at radius 1 is 1.36 bits per heavy atom. The van der Waals surface area contributed by atoms with Crippen molar-refractivity contribution < 1.29 is 9.59 Å². The van der Waals surface area contributed by atoms with Gasteiger partial charge in [0, 0.05) is 23.9 Å². The standard InChI is InChI=1S/C16H21N3O2S/c1-11-4-6-12(7-5-11)19-8-2-3-13(16(19)21)18-15(20)14-9-22-10-17-14/h4-7,13-14,17H,2-3,8-10H2,1H3,(H,18,20). The summed E-state index contributed by atoms with van der Waals surface area (Å²) in [6.07, 6.45) is 1.62. The van der Waals surface area contributed by atoms with Crippen LogP contribution in [0.4, 0.5) is 5.69 Å². The summed E-state index contributed by atoms with van der Waals surface area (Å²) in [5.74, 6) is 1.50. The number of benzene rings is 1. The molecular formula is C16H21N3O2S. The van der Waals surface area contributed by atoms with Gasteiger partial charge in [-0.25, -0.2) is 0 Å². The Morgan fingerprint density at radius 3 is 2.82 bits per heavy atom. The van der Waals surface area contributed by atoms with Crippen molar-refractivity contribution in [3.8, 4) is 0 Å². The van der Waals surface area contributed by atoms with Crippen LogP contribution in [0, 0.1) is 6.92 Å². The van der Waals surface area contributed by atoms with Gasteiger partial charge in [-0.1, -0.05) is 17.7 Å². The fourth-order valence-corrected chi connectivity index (χ4v) is 3.77. The Morgan fingerprint density at radius 2 is 2.14 bits per heavy atom. The van der Waals surface area contributed by atoms with Gasteiger partial charge in [-0.05, 0) is 31.9 Å². The number of anilines is 1. The molecule has 2 heterocycles. The minimum atomic E-state index is -0.407. The van der Waals surface area contributed by atoms with Crippen molar-refractivity contribution in [2.75, 3.05) is 23.1 Å². The van der Waals surface area contributed by atoms with Crippen LogP contribution in [0.2, 0.25) is 0 Å². The summed E-state index contributed by atoms with van der Waals surface area (Å²) in [5, 5.41) is 6.05. The third kappa shape index (κ3) is 3.28. The molecule has 2 saturated heterocycles. The van der Waals surface area contributed by atoms with Crippen molar-refractivity contribution >= 4 is 29.3 Å². The van der Waals surface area contributed by atoms with Crippen LogP contribution >= 0.6 is 11.8 Å². The lowest BCUT2D eigenvalue weighted by molar-refractivity contribution is -0.129. The fraction of sp³-hybridized carbons (Fsp3) is 0.500. The van der Waals surface area contributed by atoms with Crippen LogP contribution in [0.3, 0.4) is 0 Å². The van der Waals surface area contributed by atoms with E-state index in [0.717, 1.165) is 23.7 Å². The van der Waals surface area contributed by atoms with Gasteiger partial charge in [0.05, 0.1) is 6.04 Å². The Hall–Kier alpha value is -1.53. The third-order valence-corrected chi connectivity index (χ3v) is 5.07. The summed E-state index contributed by atoms with van der Waals surface area (Å²) in [5.41, 5.74) is 2.08. The summed E-state index contributed by atoms with van der Waals surface area (Å²) in [6, 6.07) is 7.36. The molecule has 0 aliphatic carbocycles. The molecule has 0 aromatic heterocycles. The molecule has 2 amide bonds. The van der Waals surface area contributed by atoms with E-state index in [-0.39, 0.29) is 17.9 Å². The van der Waals surface area contributed by atoms with E-state index in [1.807, 2.05) is 31.2 Å². The highest BCUT2D eigenvalue weighted by molar-refractivity contribution is 7.99. The predicted octanol–water partition coefficient (Wildman–Crippen LogP) is 1.27. The molecule has 5 nitrogen and oxygen atoms in total. The molecule has 6 heteroatoms. The second kappa shape index (κ2) is 6.71. The summed E-state index contributed by atoms with van der Waals surface area (Å²) in [7, 11) is 0. The topological polar surface area (TPSA) is 61.4 Å². The summed E-state index contributed by atoms with van der Waals surface area (Å²) >= 11 is 1.70. The highest BCUT2D eigenvalue weighted by Gasteiger charge is 2.33. The highest BCUT2D eigenvalue weighted by atomic mass is 32.2. The van der Waals surface area contributed by atoms with Crippen molar-refractivity contribution in [3.05, 3.63) is 29.8 Å². The molecule has 0 bridgehead atoms. The molecular weight excluding hydrogens is 298 g/mol. The third-order valence-electron chi connectivity index (χ3n) is 4.13. The normalized spacial score (nSPS) is 25.3. The van der Waals surface area contributed by atoms with Gasteiger partial charge >= 0.3 is 0 Å². The second-order valence-corrected chi connectivity index (χ2v) is 6.83. The molecule has 2 fully saturated rings. The van der Waals surface area contributed by atoms with E-state index < -0.39 is 6.04 Å². The Bertz CT molecular complexity index is 555.